The Labute approximate surface area is 207 Å². The number of carbonyl (C=O) groups excluding carboxylic acids is 1. The second kappa shape index (κ2) is 10.1. The van der Waals surface area contributed by atoms with E-state index in [1.54, 1.807) is 13.2 Å². The van der Waals surface area contributed by atoms with Crippen molar-refractivity contribution in [1.82, 2.24) is 14.9 Å². The lowest BCUT2D eigenvalue weighted by molar-refractivity contribution is -0.116. The maximum absolute atomic E-state index is 13.5. The molecule has 1 amide bonds. The summed E-state index contributed by atoms with van der Waals surface area (Å²) >= 11 is 1.37. The Hall–Kier alpha value is -3.98. The molecule has 1 aromatic heterocycles. The monoisotopic (exact) mass is 487 g/mol. The maximum atomic E-state index is 13.5. The molecule has 0 bridgehead atoms. The van der Waals surface area contributed by atoms with E-state index in [9.17, 15) is 4.79 Å². The highest BCUT2D eigenvalue weighted by Crippen LogP contribution is 2.38. The zero-order chi connectivity index (χ0) is 24.2. The van der Waals surface area contributed by atoms with Crippen molar-refractivity contribution in [2.75, 3.05) is 17.9 Å². The number of methoxy groups -OCH3 is 1. The summed E-state index contributed by atoms with van der Waals surface area (Å²) in [5.74, 6) is 1.91. The van der Waals surface area contributed by atoms with Crippen molar-refractivity contribution in [2.45, 2.75) is 30.0 Å². The molecule has 1 aliphatic rings. The average molecular weight is 488 g/mol. The number of aryl methyl sites for hydroxylation is 1. The number of anilines is 1. The first-order chi connectivity index (χ1) is 17.1. The van der Waals surface area contributed by atoms with E-state index in [0.29, 0.717) is 22.4 Å². The Kier molecular flexibility index (Phi) is 6.58. The van der Waals surface area contributed by atoms with E-state index in [0.717, 1.165) is 16.9 Å². The molecule has 4 aromatic rings. The summed E-state index contributed by atoms with van der Waals surface area (Å²) < 4.78 is 13.0. The summed E-state index contributed by atoms with van der Waals surface area (Å²) in [4.78, 5) is 13.5. The Bertz CT molecular complexity index is 1310. The molecular weight excluding hydrogens is 462 g/mol. The smallest absolute Gasteiger partial charge is 0.240 e. The first-order valence-electron chi connectivity index (χ1n) is 11.2. The van der Waals surface area contributed by atoms with Crippen molar-refractivity contribution in [3.8, 4) is 11.5 Å². The molecule has 2 N–H and O–H groups in total. The molecule has 0 saturated carbocycles. The molecule has 0 saturated heterocycles. The molecule has 2 heterocycles. The Balaban J connectivity index is 1.41. The van der Waals surface area contributed by atoms with Crippen molar-refractivity contribution in [2.24, 2.45) is 0 Å². The largest absolute Gasteiger partial charge is 0.497 e. The number of ether oxygens (including phenoxy) is 2. The van der Waals surface area contributed by atoms with Crippen molar-refractivity contribution in [3.63, 3.8) is 0 Å². The van der Waals surface area contributed by atoms with Gasteiger partial charge in [0.1, 0.15) is 23.4 Å². The molecule has 2 atom stereocenters. The zero-order valence-electron chi connectivity index (χ0n) is 19.3. The van der Waals surface area contributed by atoms with Gasteiger partial charge in [-0.05, 0) is 36.8 Å². The molecule has 3 aromatic carbocycles. The highest BCUT2D eigenvalue weighted by atomic mass is 32.2. The minimum Gasteiger partial charge on any atom is -0.497 e. The standard InChI is InChI=1S/C26H25N5O3S/c1-17-11-13-18(14-12-17)23-24(25(32)27-19-7-6-10-21(15-19)33-2)35-26-29-28-22(31(26)30-23)16-34-20-8-4-3-5-9-20/h3-15,23-24,30H,16H2,1-2H3,(H,27,32)/t23-,24+/m0/s1. The number of thioether (sulfide) groups is 1. The third-order valence-corrected chi connectivity index (χ3v) is 6.86. The molecule has 0 radical (unpaired) electrons. The van der Waals surface area contributed by atoms with Gasteiger partial charge in [0, 0.05) is 11.8 Å². The summed E-state index contributed by atoms with van der Waals surface area (Å²) in [6, 6.07) is 24.7. The van der Waals surface area contributed by atoms with Gasteiger partial charge in [0.2, 0.25) is 11.1 Å². The third kappa shape index (κ3) is 5.09. The fraction of sp³-hybridized carbons (Fsp3) is 0.192. The second-order valence-electron chi connectivity index (χ2n) is 8.11. The number of nitrogens with zero attached hydrogens (tertiary/aromatic N) is 3. The highest BCUT2D eigenvalue weighted by Gasteiger charge is 2.38. The predicted molar refractivity (Wildman–Crippen MR) is 135 cm³/mol. The van der Waals surface area contributed by atoms with Crippen LogP contribution < -0.4 is 20.2 Å². The van der Waals surface area contributed by atoms with Crippen LogP contribution in [0, 0.1) is 6.92 Å². The number of carbonyl (C=O) groups is 1. The van der Waals surface area contributed by atoms with Gasteiger partial charge < -0.3 is 20.2 Å². The molecule has 5 rings (SSSR count). The van der Waals surface area contributed by atoms with Crippen LogP contribution in [0.2, 0.25) is 0 Å². The predicted octanol–water partition coefficient (Wildman–Crippen LogP) is 4.57. The van der Waals surface area contributed by atoms with Gasteiger partial charge in [-0.15, -0.1) is 10.2 Å². The molecule has 178 valence electrons. The van der Waals surface area contributed by atoms with Crippen LogP contribution >= 0.6 is 11.8 Å². The SMILES string of the molecule is COc1cccc(NC(=O)[C@@H]2Sc3nnc(COc4ccccc4)n3N[C@H]2c2ccc(C)cc2)c1. The van der Waals surface area contributed by atoms with Crippen LogP contribution in [0.1, 0.15) is 23.0 Å². The van der Waals surface area contributed by atoms with Gasteiger partial charge in [-0.1, -0.05) is 65.9 Å². The molecule has 0 unspecified atom stereocenters. The lowest BCUT2D eigenvalue weighted by atomic mass is 10.0. The van der Waals surface area contributed by atoms with Crippen molar-refractivity contribution < 1.29 is 14.3 Å². The number of benzene rings is 3. The Morgan fingerprint density at radius 1 is 1.03 bits per heavy atom. The van der Waals surface area contributed by atoms with E-state index >= 15 is 0 Å². The van der Waals surface area contributed by atoms with E-state index < -0.39 is 5.25 Å². The lowest BCUT2D eigenvalue weighted by Gasteiger charge is -2.33. The number of hydrogen-bond donors (Lipinski definition) is 2. The quantitative estimate of drug-likeness (QED) is 0.395. The number of hydrogen-bond acceptors (Lipinski definition) is 7. The van der Waals surface area contributed by atoms with E-state index in [-0.39, 0.29) is 18.6 Å². The van der Waals surface area contributed by atoms with Gasteiger partial charge in [-0.3, -0.25) is 4.79 Å². The van der Waals surface area contributed by atoms with E-state index in [1.807, 2.05) is 84.4 Å². The van der Waals surface area contributed by atoms with Crippen LogP contribution in [0.5, 0.6) is 11.5 Å². The van der Waals surface area contributed by atoms with Gasteiger partial charge in [0.05, 0.1) is 13.2 Å². The van der Waals surface area contributed by atoms with E-state index in [4.69, 9.17) is 9.47 Å². The topological polar surface area (TPSA) is 90.3 Å². The summed E-state index contributed by atoms with van der Waals surface area (Å²) in [6.45, 7) is 2.28. The van der Waals surface area contributed by atoms with Crippen molar-refractivity contribution in [1.29, 1.82) is 0 Å². The molecule has 0 fully saturated rings. The van der Waals surface area contributed by atoms with Crippen molar-refractivity contribution in [3.05, 3.63) is 95.8 Å². The van der Waals surface area contributed by atoms with Crippen molar-refractivity contribution >= 4 is 23.4 Å². The number of fused-ring (bicyclic) bond motifs is 1. The molecule has 8 nitrogen and oxygen atoms in total. The molecule has 1 aliphatic heterocycles. The first kappa shape index (κ1) is 22.8. The first-order valence-corrected chi connectivity index (χ1v) is 12.1. The van der Waals surface area contributed by atoms with Crippen LogP contribution in [0.15, 0.2) is 84.0 Å². The lowest BCUT2D eigenvalue weighted by Crippen LogP contribution is -2.41. The van der Waals surface area contributed by atoms with Gasteiger partial charge in [-0.2, -0.15) is 0 Å². The summed E-state index contributed by atoms with van der Waals surface area (Å²) in [5, 5.41) is 11.8. The number of nitrogens with one attached hydrogen (secondary N) is 2. The van der Waals surface area contributed by atoms with Gasteiger partial charge in [0.15, 0.2) is 5.82 Å². The number of aromatic nitrogens is 3. The molecule has 0 aliphatic carbocycles. The Morgan fingerprint density at radius 2 is 1.80 bits per heavy atom. The Morgan fingerprint density at radius 3 is 2.57 bits per heavy atom. The van der Waals surface area contributed by atoms with Crippen LogP contribution in [-0.2, 0) is 11.4 Å². The fourth-order valence-corrected chi connectivity index (χ4v) is 4.89. The summed E-state index contributed by atoms with van der Waals surface area (Å²) in [6.07, 6.45) is 0. The fourth-order valence-electron chi connectivity index (χ4n) is 3.79. The maximum Gasteiger partial charge on any atom is 0.240 e. The average Bonchev–Trinajstić information content (AvgIpc) is 3.30. The molecule has 9 heteroatoms. The van der Waals surface area contributed by atoms with Gasteiger partial charge in [0.25, 0.3) is 0 Å². The normalized spacial score (nSPS) is 16.6. The number of para-hydroxylation sites is 1. The molecular formula is C26H25N5O3S. The number of rotatable bonds is 7. The minimum atomic E-state index is -0.483. The van der Waals surface area contributed by atoms with Crippen LogP contribution in [0.25, 0.3) is 0 Å². The summed E-state index contributed by atoms with van der Waals surface area (Å²) in [5.41, 5.74) is 6.27. The van der Waals surface area contributed by atoms with Gasteiger partial charge >= 0.3 is 0 Å². The van der Waals surface area contributed by atoms with Crippen LogP contribution in [0.3, 0.4) is 0 Å². The van der Waals surface area contributed by atoms with Gasteiger partial charge in [-0.25, -0.2) is 4.68 Å². The van der Waals surface area contributed by atoms with E-state index in [2.05, 4.69) is 20.9 Å². The highest BCUT2D eigenvalue weighted by molar-refractivity contribution is 8.00. The third-order valence-electron chi connectivity index (χ3n) is 5.65. The zero-order valence-corrected chi connectivity index (χ0v) is 20.2. The van der Waals surface area contributed by atoms with Crippen LogP contribution in [-0.4, -0.2) is 33.1 Å². The molecule has 0 spiro atoms. The van der Waals surface area contributed by atoms with E-state index in [1.165, 1.54) is 11.8 Å². The summed E-state index contributed by atoms with van der Waals surface area (Å²) in [7, 11) is 1.60. The minimum absolute atomic E-state index is 0.141. The number of amides is 1. The van der Waals surface area contributed by atoms with Crippen LogP contribution in [0.4, 0.5) is 5.69 Å². The second-order valence-corrected chi connectivity index (χ2v) is 9.22. The molecule has 35 heavy (non-hydrogen) atoms.